The number of nitro groups is 1. The van der Waals surface area contributed by atoms with Crippen molar-refractivity contribution in [2.75, 3.05) is 31.7 Å². The van der Waals surface area contributed by atoms with Gasteiger partial charge in [0.2, 0.25) is 10.0 Å². The van der Waals surface area contributed by atoms with Crippen LogP contribution in [0.5, 0.6) is 0 Å². The SMILES string of the molecule is O=[N+]([O-])c1cc(S(=O)(=O)N2CCOCC2)ccc1NN=C1CCCCC1. The maximum Gasteiger partial charge on any atom is 0.295 e. The summed E-state index contributed by atoms with van der Waals surface area (Å²) in [5.41, 5.74) is 3.61. The van der Waals surface area contributed by atoms with Crippen LogP contribution in [-0.4, -0.2) is 49.7 Å². The predicted molar refractivity (Wildman–Crippen MR) is 96.8 cm³/mol. The average Bonchev–Trinajstić information content (AvgIpc) is 2.67. The van der Waals surface area contributed by atoms with Crippen molar-refractivity contribution in [2.45, 2.75) is 37.0 Å². The standard InChI is InChI=1S/C16H22N4O5S/c21-20(22)16-12-14(26(23,24)19-8-10-25-11-9-19)6-7-15(16)18-17-13-4-2-1-3-5-13/h6-7,12,18H,1-5,8-11H2. The highest BCUT2D eigenvalue weighted by atomic mass is 32.2. The molecule has 10 heteroatoms. The fraction of sp³-hybridized carbons (Fsp3) is 0.562. The number of nitro benzene ring substituents is 1. The number of morpholine rings is 1. The number of rotatable bonds is 5. The van der Waals surface area contributed by atoms with E-state index in [0.29, 0.717) is 13.2 Å². The van der Waals surface area contributed by atoms with Gasteiger partial charge in [-0.3, -0.25) is 15.5 Å². The number of anilines is 1. The van der Waals surface area contributed by atoms with Crippen molar-refractivity contribution in [1.82, 2.24) is 4.31 Å². The van der Waals surface area contributed by atoms with E-state index in [9.17, 15) is 18.5 Å². The van der Waals surface area contributed by atoms with Gasteiger partial charge in [0.25, 0.3) is 5.69 Å². The van der Waals surface area contributed by atoms with Crippen LogP contribution in [0.4, 0.5) is 11.4 Å². The van der Waals surface area contributed by atoms with E-state index >= 15 is 0 Å². The fourth-order valence-electron chi connectivity index (χ4n) is 3.06. The molecule has 142 valence electrons. The Balaban J connectivity index is 1.85. The smallest absolute Gasteiger partial charge is 0.295 e. The lowest BCUT2D eigenvalue weighted by Gasteiger charge is -2.26. The molecule has 0 spiro atoms. The Hall–Kier alpha value is -2.04. The molecule has 1 saturated heterocycles. The number of nitrogens with one attached hydrogen (secondary N) is 1. The monoisotopic (exact) mass is 382 g/mol. The van der Waals surface area contributed by atoms with Crippen LogP contribution in [0.2, 0.25) is 0 Å². The first-order valence-corrected chi connectivity index (χ1v) is 10.1. The predicted octanol–water partition coefficient (Wildman–Crippen LogP) is 2.35. The molecular weight excluding hydrogens is 360 g/mol. The number of ether oxygens (including phenoxy) is 1. The van der Waals surface area contributed by atoms with Gasteiger partial charge in [-0.1, -0.05) is 6.42 Å². The number of benzene rings is 1. The first-order valence-electron chi connectivity index (χ1n) is 8.66. The maximum absolute atomic E-state index is 12.7. The van der Waals surface area contributed by atoms with Gasteiger partial charge < -0.3 is 4.74 Å². The Kier molecular flexibility index (Phi) is 5.84. The molecule has 1 aliphatic carbocycles. The Bertz CT molecular complexity index is 795. The van der Waals surface area contributed by atoms with Crippen molar-refractivity contribution in [3.05, 3.63) is 28.3 Å². The molecule has 0 aromatic heterocycles. The summed E-state index contributed by atoms with van der Waals surface area (Å²) in [6.45, 7) is 1.12. The molecular formula is C16H22N4O5S. The highest BCUT2D eigenvalue weighted by Gasteiger charge is 2.28. The van der Waals surface area contributed by atoms with Gasteiger partial charge >= 0.3 is 0 Å². The molecule has 0 radical (unpaired) electrons. The van der Waals surface area contributed by atoms with E-state index in [0.717, 1.165) is 37.5 Å². The zero-order valence-electron chi connectivity index (χ0n) is 14.4. The summed E-state index contributed by atoms with van der Waals surface area (Å²) >= 11 is 0. The third-order valence-corrected chi connectivity index (χ3v) is 6.43. The molecule has 2 aliphatic rings. The van der Waals surface area contributed by atoms with Crippen LogP contribution >= 0.6 is 0 Å². The van der Waals surface area contributed by atoms with E-state index in [1.54, 1.807) is 0 Å². The first-order chi connectivity index (χ1) is 12.5. The van der Waals surface area contributed by atoms with E-state index in [2.05, 4.69) is 10.5 Å². The van der Waals surface area contributed by atoms with Crippen LogP contribution in [0.25, 0.3) is 0 Å². The largest absolute Gasteiger partial charge is 0.379 e. The molecule has 3 rings (SSSR count). The van der Waals surface area contributed by atoms with Crippen molar-refractivity contribution in [3.8, 4) is 0 Å². The topological polar surface area (TPSA) is 114 Å². The Morgan fingerprint density at radius 3 is 2.50 bits per heavy atom. The summed E-state index contributed by atoms with van der Waals surface area (Å²) in [5.74, 6) is 0. The zero-order valence-corrected chi connectivity index (χ0v) is 15.2. The zero-order chi connectivity index (χ0) is 18.6. The van der Waals surface area contributed by atoms with Gasteiger partial charge in [0, 0.05) is 24.9 Å². The molecule has 26 heavy (non-hydrogen) atoms. The summed E-state index contributed by atoms with van der Waals surface area (Å²) in [7, 11) is -3.78. The number of hydrogen-bond donors (Lipinski definition) is 1. The molecule has 1 aromatic rings. The minimum absolute atomic E-state index is 0.0954. The Morgan fingerprint density at radius 2 is 1.85 bits per heavy atom. The number of hydrazone groups is 1. The van der Waals surface area contributed by atoms with Crippen molar-refractivity contribution in [2.24, 2.45) is 5.10 Å². The second-order valence-corrected chi connectivity index (χ2v) is 8.24. The highest BCUT2D eigenvalue weighted by molar-refractivity contribution is 7.89. The third-order valence-electron chi connectivity index (χ3n) is 4.54. The summed E-state index contributed by atoms with van der Waals surface area (Å²) < 4.78 is 31.8. The molecule has 1 saturated carbocycles. The van der Waals surface area contributed by atoms with Crippen molar-refractivity contribution < 1.29 is 18.1 Å². The van der Waals surface area contributed by atoms with E-state index in [1.165, 1.54) is 22.9 Å². The van der Waals surface area contributed by atoms with Crippen LogP contribution in [0.15, 0.2) is 28.2 Å². The van der Waals surface area contributed by atoms with Gasteiger partial charge in [-0.2, -0.15) is 9.41 Å². The molecule has 0 amide bonds. The average molecular weight is 382 g/mol. The molecule has 9 nitrogen and oxygen atoms in total. The normalized spacial score (nSPS) is 19.2. The van der Waals surface area contributed by atoms with Crippen LogP contribution < -0.4 is 5.43 Å². The summed E-state index contributed by atoms with van der Waals surface area (Å²) in [4.78, 5) is 10.7. The second-order valence-electron chi connectivity index (χ2n) is 6.30. The first kappa shape index (κ1) is 18.7. The Labute approximate surface area is 152 Å². The van der Waals surface area contributed by atoms with Crippen molar-refractivity contribution in [1.29, 1.82) is 0 Å². The molecule has 1 N–H and O–H groups in total. The summed E-state index contributed by atoms with van der Waals surface area (Å²) in [6.07, 6.45) is 5.07. The molecule has 2 fully saturated rings. The fourth-order valence-corrected chi connectivity index (χ4v) is 4.49. The van der Waals surface area contributed by atoms with Gasteiger partial charge in [0.05, 0.1) is 23.0 Å². The minimum atomic E-state index is -3.78. The van der Waals surface area contributed by atoms with Crippen LogP contribution in [0.1, 0.15) is 32.1 Å². The van der Waals surface area contributed by atoms with Crippen LogP contribution in [0, 0.1) is 10.1 Å². The third kappa shape index (κ3) is 4.19. The Morgan fingerprint density at radius 1 is 1.15 bits per heavy atom. The summed E-state index contributed by atoms with van der Waals surface area (Å²) in [5, 5.41) is 15.7. The molecule has 1 aliphatic heterocycles. The van der Waals surface area contributed by atoms with Crippen molar-refractivity contribution in [3.63, 3.8) is 0 Å². The van der Waals surface area contributed by atoms with E-state index in [-0.39, 0.29) is 29.4 Å². The molecule has 0 unspecified atom stereocenters. The minimum Gasteiger partial charge on any atom is -0.379 e. The number of hydrogen-bond acceptors (Lipinski definition) is 7. The van der Waals surface area contributed by atoms with Gasteiger partial charge in [0.1, 0.15) is 5.69 Å². The lowest BCUT2D eigenvalue weighted by Crippen LogP contribution is -2.40. The molecule has 1 heterocycles. The van der Waals surface area contributed by atoms with E-state index in [4.69, 9.17) is 4.74 Å². The van der Waals surface area contributed by atoms with Gasteiger partial charge in [0.15, 0.2) is 0 Å². The van der Waals surface area contributed by atoms with Crippen LogP contribution in [0.3, 0.4) is 0 Å². The van der Waals surface area contributed by atoms with Crippen LogP contribution in [-0.2, 0) is 14.8 Å². The van der Waals surface area contributed by atoms with E-state index in [1.807, 2.05) is 0 Å². The lowest BCUT2D eigenvalue weighted by molar-refractivity contribution is -0.384. The van der Waals surface area contributed by atoms with Crippen molar-refractivity contribution >= 4 is 27.1 Å². The number of sulfonamides is 1. The second kappa shape index (κ2) is 8.11. The van der Waals surface area contributed by atoms with Gasteiger partial charge in [-0.05, 0) is 37.8 Å². The molecule has 0 atom stereocenters. The van der Waals surface area contributed by atoms with Gasteiger partial charge in [-0.15, -0.1) is 0 Å². The van der Waals surface area contributed by atoms with Gasteiger partial charge in [-0.25, -0.2) is 8.42 Å². The lowest BCUT2D eigenvalue weighted by atomic mass is 9.99. The summed E-state index contributed by atoms with van der Waals surface area (Å²) in [6, 6.07) is 3.87. The molecule has 1 aromatic carbocycles. The maximum atomic E-state index is 12.7. The molecule has 0 bridgehead atoms. The highest BCUT2D eigenvalue weighted by Crippen LogP contribution is 2.29. The number of nitrogens with zero attached hydrogens (tertiary/aromatic N) is 3. The quantitative estimate of drug-likeness (QED) is 0.617. The van der Waals surface area contributed by atoms with E-state index < -0.39 is 14.9 Å².